The van der Waals surface area contributed by atoms with E-state index in [1.54, 1.807) is 6.07 Å². The van der Waals surface area contributed by atoms with Crippen LogP contribution in [0.4, 0.5) is 5.69 Å². The number of nitrogens with one attached hydrogen (secondary N) is 1. The third-order valence-corrected chi connectivity index (χ3v) is 7.12. The summed E-state index contributed by atoms with van der Waals surface area (Å²) < 4.78 is 0. The Kier molecular flexibility index (Phi) is 3.43. The van der Waals surface area contributed by atoms with E-state index in [9.17, 15) is 9.90 Å². The van der Waals surface area contributed by atoms with Crippen molar-refractivity contribution >= 4 is 11.7 Å². The monoisotopic (exact) mass is 347 g/mol. The molecule has 1 aliphatic heterocycles. The first-order chi connectivity index (χ1) is 12.5. The highest BCUT2D eigenvalue weighted by molar-refractivity contribution is 5.95. The maximum Gasteiger partial charge on any atom is 0.337 e. The lowest BCUT2D eigenvalue weighted by Crippen LogP contribution is -2.36. The molecule has 1 heterocycles. The molecule has 2 aromatic carbocycles. The van der Waals surface area contributed by atoms with E-state index >= 15 is 0 Å². The van der Waals surface area contributed by atoms with E-state index < -0.39 is 5.97 Å². The van der Waals surface area contributed by atoms with Crippen molar-refractivity contribution in [2.75, 3.05) is 5.32 Å². The molecule has 2 fully saturated rings. The zero-order valence-electron chi connectivity index (χ0n) is 15.3. The average molecular weight is 347 g/mol. The van der Waals surface area contributed by atoms with E-state index in [0.717, 1.165) is 11.6 Å². The standard InChI is InChI=1S/C23H25NO2/c1-12-6-7-13(2)18(10-12)22-20-15-9-8-14(11-15)19(20)16-4-3-5-17(23(25)26)21(16)24-22/h3-7,10,14-15,19-20,22,24H,8-9,11H2,1-2H3,(H,25,26)/t14-,15-,19+,20-,22+/m0/s1. The first-order valence-electron chi connectivity index (χ1n) is 9.74. The van der Waals surface area contributed by atoms with E-state index in [1.165, 1.54) is 41.5 Å². The fourth-order valence-corrected chi connectivity index (χ4v) is 6.10. The van der Waals surface area contributed by atoms with Gasteiger partial charge in [-0.3, -0.25) is 0 Å². The number of aromatic carboxylic acids is 1. The van der Waals surface area contributed by atoms with Crippen molar-refractivity contribution in [3.63, 3.8) is 0 Å². The molecule has 2 aromatic rings. The van der Waals surface area contributed by atoms with Crippen LogP contribution in [0.25, 0.3) is 0 Å². The smallest absolute Gasteiger partial charge is 0.337 e. The van der Waals surface area contributed by atoms with Crippen LogP contribution in [-0.4, -0.2) is 11.1 Å². The van der Waals surface area contributed by atoms with Crippen molar-refractivity contribution in [1.29, 1.82) is 0 Å². The fourth-order valence-electron chi connectivity index (χ4n) is 6.10. The van der Waals surface area contributed by atoms with Gasteiger partial charge in [0, 0.05) is 0 Å². The second-order valence-corrected chi connectivity index (χ2v) is 8.49. The Morgan fingerprint density at radius 2 is 1.88 bits per heavy atom. The summed E-state index contributed by atoms with van der Waals surface area (Å²) in [6.07, 6.45) is 3.92. The summed E-state index contributed by atoms with van der Waals surface area (Å²) >= 11 is 0. The van der Waals surface area contributed by atoms with Gasteiger partial charge < -0.3 is 10.4 Å². The molecule has 5 atom stereocenters. The van der Waals surface area contributed by atoms with Gasteiger partial charge in [0.15, 0.2) is 0 Å². The number of rotatable bonds is 2. The van der Waals surface area contributed by atoms with Crippen LogP contribution in [0.1, 0.15) is 63.8 Å². The van der Waals surface area contributed by atoms with Crippen LogP contribution in [0, 0.1) is 31.6 Å². The molecule has 2 saturated carbocycles. The van der Waals surface area contributed by atoms with Gasteiger partial charge in [-0.05, 0) is 79.5 Å². The van der Waals surface area contributed by atoms with Crippen LogP contribution in [0.2, 0.25) is 0 Å². The second-order valence-electron chi connectivity index (χ2n) is 8.49. The second kappa shape index (κ2) is 5.60. The Balaban J connectivity index is 1.70. The van der Waals surface area contributed by atoms with Gasteiger partial charge >= 0.3 is 5.97 Å². The summed E-state index contributed by atoms with van der Waals surface area (Å²) in [4.78, 5) is 11.8. The summed E-state index contributed by atoms with van der Waals surface area (Å²) in [6, 6.07) is 12.7. The Hall–Kier alpha value is -2.29. The molecule has 134 valence electrons. The van der Waals surface area contributed by atoms with Crippen molar-refractivity contribution in [1.82, 2.24) is 0 Å². The molecule has 3 heteroatoms. The maximum absolute atomic E-state index is 11.8. The van der Waals surface area contributed by atoms with Crippen LogP contribution in [0.15, 0.2) is 36.4 Å². The quantitative estimate of drug-likeness (QED) is 0.775. The SMILES string of the molecule is Cc1ccc(C)c([C@H]2Nc3c(C(=O)O)cccc3[C@H]3[C@H]4CC[C@@H](C4)[C@@H]32)c1. The van der Waals surface area contributed by atoms with E-state index in [4.69, 9.17) is 0 Å². The lowest BCUT2D eigenvalue weighted by atomic mass is 9.67. The highest BCUT2D eigenvalue weighted by Gasteiger charge is 2.54. The van der Waals surface area contributed by atoms with Crippen LogP contribution >= 0.6 is 0 Å². The number of aryl methyl sites for hydroxylation is 2. The molecule has 2 aliphatic carbocycles. The number of fused-ring (bicyclic) bond motifs is 7. The van der Waals surface area contributed by atoms with Crippen LogP contribution < -0.4 is 5.32 Å². The maximum atomic E-state index is 11.8. The van der Waals surface area contributed by atoms with Crippen molar-refractivity contribution < 1.29 is 9.90 Å². The van der Waals surface area contributed by atoms with Crippen molar-refractivity contribution in [3.05, 3.63) is 64.2 Å². The van der Waals surface area contributed by atoms with Crippen molar-refractivity contribution in [3.8, 4) is 0 Å². The van der Waals surface area contributed by atoms with E-state index in [0.29, 0.717) is 23.3 Å². The van der Waals surface area contributed by atoms with Gasteiger partial charge in [-0.25, -0.2) is 4.79 Å². The summed E-state index contributed by atoms with van der Waals surface area (Å²) in [5.74, 6) is 1.70. The summed E-state index contributed by atoms with van der Waals surface area (Å²) in [5.41, 5.74) is 6.43. The fraction of sp³-hybridized carbons (Fsp3) is 0.435. The summed E-state index contributed by atoms with van der Waals surface area (Å²) in [6.45, 7) is 4.32. The number of para-hydroxylation sites is 1. The van der Waals surface area contributed by atoms with Gasteiger partial charge in [-0.2, -0.15) is 0 Å². The third kappa shape index (κ3) is 2.16. The van der Waals surface area contributed by atoms with Crippen LogP contribution in [0.3, 0.4) is 0 Å². The molecule has 2 N–H and O–H groups in total. The van der Waals surface area contributed by atoms with Gasteiger partial charge in [-0.15, -0.1) is 0 Å². The molecule has 26 heavy (non-hydrogen) atoms. The minimum absolute atomic E-state index is 0.211. The highest BCUT2D eigenvalue weighted by atomic mass is 16.4. The first kappa shape index (κ1) is 15.9. The molecular formula is C23H25NO2. The largest absolute Gasteiger partial charge is 0.478 e. The number of anilines is 1. The van der Waals surface area contributed by atoms with E-state index in [1.807, 2.05) is 6.07 Å². The Labute approximate surface area is 154 Å². The molecule has 0 spiro atoms. The predicted molar refractivity (Wildman–Crippen MR) is 103 cm³/mol. The molecule has 0 unspecified atom stereocenters. The molecule has 3 aliphatic rings. The lowest BCUT2D eigenvalue weighted by Gasteiger charge is -2.44. The van der Waals surface area contributed by atoms with Crippen LogP contribution in [-0.2, 0) is 0 Å². The molecule has 0 aromatic heterocycles. The topological polar surface area (TPSA) is 49.3 Å². The van der Waals surface area contributed by atoms with Gasteiger partial charge in [0.1, 0.15) is 0 Å². The van der Waals surface area contributed by atoms with Crippen molar-refractivity contribution in [2.24, 2.45) is 17.8 Å². The molecule has 0 radical (unpaired) electrons. The molecule has 0 saturated heterocycles. The zero-order valence-corrected chi connectivity index (χ0v) is 15.3. The highest BCUT2D eigenvalue weighted by Crippen LogP contribution is 2.64. The van der Waals surface area contributed by atoms with Gasteiger partial charge in [0.05, 0.1) is 17.3 Å². The predicted octanol–water partition coefficient (Wildman–Crippen LogP) is 5.30. The number of carbonyl (C=O) groups is 1. The number of carboxylic acid groups (broad SMARTS) is 1. The summed E-state index contributed by atoms with van der Waals surface area (Å²) in [5, 5.41) is 13.4. The molecule has 3 nitrogen and oxygen atoms in total. The average Bonchev–Trinajstić information content (AvgIpc) is 3.25. The van der Waals surface area contributed by atoms with Gasteiger partial charge in [0.2, 0.25) is 0 Å². The van der Waals surface area contributed by atoms with Crippen LogP contribution in [0.5, 0.6) is 0 Å². The molecule has 2 bridgehead atoms. The number of carboxylic acids is 1. The Bertz CT molecular complexity index is 903. The normalized spacial score (nSPS) is 31.2. The van der Waals surface area contributed by atoms with Crippen molar-refractivity contribution in [2.45, 2.75) is 45.1 Å². The number of benzene rings is 2. The van der Waals surface area contributed by atoms with Gasteiger partial charge in [-0.1, -0.05) is 35.9 Å². The lowest BCUT2D eigenvalue weighted by molar-refractivity contribution is 0.0697. The third-order valence-electron chi connectivity index (χ3n) is 7.12. The molecule has 5 rings (SSSR count). The van der Waals surface area contributed by atoms with E-state index in [-0.39, 0.29) is 6.04 Å². The minimum atomic E-state index is -0.837. The Morgan fingerprint density at radius 1 is 1.08 bits per heavy atom. The first-order valence-corrected chi connectivity index (χ1v) is 9.74. The number of hydrogen-bond donors (Lipinski definition) is 2. The number of hydrogen-bond acceptors (Lipinski definition) is 2. The van der Waals surface area contributed by atoms with E-state index in [2.05, 4.69) is 43.4 Å². The molecular weight excluding hydrogens is 322 g/mol. The summed E-state index contributed by atoms with van der Waals surface area (Å²) in [7, 11) is 0. The minimum Gasteiger partial charge on any atom is -0.478 e. The van der Waals surface area contributed by atoms with Gasteiger partial charge in [0.25, 0.3) is 0 Å². The Morgan fingerprint density at radius 3 is 2.69 bits per heavy atom. The molecule has 0 amide bonds. The zero-order chi connectivity index (χ0) is 18.0.